The first-order valence-corrected chi connectivity index (χ1v) is 4.23. The molecule has 0 bridgehead atoms. The van der Waals surface area contributed by atoms with Crippen molar-refractivity contribution in [2.24, 2.45) is 10.8 Å². The van der Waals surface area contributed by atoms with E-state index in [1.165, 1.54) is 5.54 Å². The fourth-order valence-electron chi connectivity index (χ4n) is 1.60. The third kappa shape index (κ3) is 1.34. The van der Waals surface area contributed by atoms with Crippen LogP contribution in [0.4, 0.5) is 0 Å². The van der Waals surface area contributed by atoms with Crippen molar-refractivity contribution in [2.45, 2.75) is 26.7 Å². The highest BCUT2D eigenvalue weighted by atomic mass is 35.5. The summed E-state index contributed by atoms with van der Waals surface area (Å²) in [4.78, 5) is 10.7. The number of hydrogen-bond donors (Lipinski definition) is 0. The molecule has 0 saturated heterocycles. The van der Waals surface area contributed by atoms with Crippen molar-refractivity contribution in [3.05, 3.63) is 11.6 Å². The normalized spacial score (nSPS) is 34.1. The van der Waals surface area contributed by atoms with Gasteiger partial charge in [0.2, 0.25) is 0 Å². The first-order valence-electron chi connectivity index (χ1n) is 3.79. The summed E-state index contributed by atoms with van der Waals surface area (Å²) in [7, 11) is 0. The molecule has 0 aromatic rings. The lowest BCUT2D eigenvalue weighted by Gasteiger charge is -2.09. The molecule has 1 saturated carbocycles. The zero-order valence-corrected chi connectivity index (χ0v) is 7.69. The van der Waals surface area contributed by atoms with Crippen molar-refractivity contribution < 1.29 is 4.79 Å². The first kappa shape index (κ1) is 8.79. The van der Waals surface area contributed by atoms with E-state index in [0.29, 0.717) is 0 Å². The molecule has 0 N–H and O–H groups in total. The maximum atomic E-state index is 10.7. The first-order chi connectivity index (χ1) is 5.08. The van der Waals surface area contributed by atoms with E-state index in [2.05, 4.69) is 13.8 Å². The Balaban J connectivity index is 2.60. The second-order valence-corrected chi connectivity index (χ2v) is 4.15. The summed E-state index contributed by atoms with van der Waals surface area (Å²) in [5.41, 5.74) is 1.56. The molecule has 0 spiro atoms. The van der Waals surface area contributed by atoms with Gasteiger partial charge >= 0.3 is 0 Å². The van der Waals surface area contributed by atoms with Gasteiger partial charge in [0.1, 0.15) is 6.29 Å². The van der Waals surface area contributed by atoms with Gasteiger partial charge in [0.25, 0.3) is 0 Å². The van der Waals surface area contributed by atoms with E-state index in [1.807, 2.05) is 6.08 Å². The smallest absolute Gasteiger partial charge is 0.127 e. The van der Waals surface area contributed by atoms with E-state index in [1.54, 1.807) is 0 Å². The number of halogens is 1. The molecule has 0 radical (unpaired) electrons. The molecule has 2 heteroatoms. The third-order valence-electron chi connectivity index (χ3n) is 2.78. The molecule has 1 aliphatic carbocycles. The fourth-order valence-corrected chi connectivity index (χ4v) is 1.69. The zero-order chi connectivity index (χ0) is 8.54. The van der Waals surface area contributed by atoms with Gasteiger partial charge in [-0.3, -0.25) is 0 Å². The zero-order valence-electron chi connectivity index (χ0n) is 6.93. The van der Waals surface area contributed by atoms with Crippen LogP contribution in [0, 0.1) is 10.8 Å². The van der Waals surface area contributed by atoms with Crippen molar-refractivity contribution >= 4 is 17.9 Å². The van der Waals surface area contributed by atoms with Gasteiger partial charge in [0.05, 0.1) is 0 Å². The summed E-state index contributed by atoms with van der Waals surface area (Å²) in [5, 5.41) is 0. The second-order valence-electron chi connectivity index (χ2n) is 3.90. The molecular formula is C9H13ClO. The molecule has 1 atom stereocenters. The Bertz CT molecular complexity index is 196. The lowest BCUT2D eigenvalue weighted by atomic mass is 9.94. The van der Waals surface area contributed by atoms with Gasteiger partial charge in [0, 0.05) is 11.0 Å². The Morgan fingerprint density at radius 1 is 1.55 bits per heavy atom. The van der Waals surface area contributed by atoms with Crippen LogP contribution in [0.2, 0.25) is 0 Å². The van der Waals surface area contributed by atoms with Gasteiger partial charge in [-0.05, 0) is 18.3 Å². The number of aldehydes is 1. The minimum absolute atomic E-state index is 0.113. The van der Waals surface area contributed by atoms with Crippen molar-refractivity contribution in [3.8, 4) is 0 Å². The summed E-state index contributed by atoms with van der Waals surface area (Å²) in [6.45, 7) is 4.23. The molecule has 1 aliphatic rings. The molecule has 62 valence electrons. The monoisotopic (exact) mass is 172 g/mol. The topological polar surface area (TPSA) is 17.1 Å². The number of carbonyl (C=O) groups is 1. The summed E-state index contributed by atoms with van der Waals surface area (Å²) in [6.07, 6.45) is 4.70. The van der Waals surface area contributed by atoms with Crippen LogP contribution in [-0.2, 0) is 4.79 Å². The number of allylic oxidation sites excluding steroid dienone is 1. The van der Waals surface area contributed by atoms with Crippen molar-refractivity contribution in [1.82, 2.24) is 0 Å². The molecule has 1 unspecified atom stereocenters. The fraction of sp³-hybridized carbons (Fsp3) is 0.667. The van der Waals surface area contributed by atoms with Gasteiger partial charge in [-0.15, -0.1) is 0 Å². The van der Waals surface area contributed by atoms with Gasteiger partial charge < -0.3 is 4.79 Å². The maximum absolute atomic E-state index is 10.7. The van der Waals surface area contributed by atoms with Crippen LogP contribution in [0.15, 0.2) is 11.6 Å². The second kappa shape index (κ2) is 2.63. The van der Waals surface area contributed by atoms with E-state index in [0.717, 1.165) is 19.1 Å². The van der Waals surface area contributed by atoms with Crippen LogP contribution in [0.3, 0.4) is 0 Å². The van der Waals surface area contributed by atoms with Crippen molar-refractivity contribution in [2.75, 3.05) is 0 Å². The highest BCUT2D eigenvalue weighted by Gasteiger charge is 2.60. The molecule has 0 aromatic heterocycles. The molecule has 1 nitrogen and oxygen atoms in total. The maximum Gasteiger partial charge on any atom is 0.127 e. The average molecular weight is 173 g/mol. The van der Waals surface area contributed by atoms with Gasteiger partial charge in [-0.25, -0.2) is 0 Å². The lowest BCUT2D eigenvalue weighted by Crippen LogP contribution is -2.08. The van der Waals surface area contributed by atoms with E-state index < -0.39 is 0 Å². The number of hydrogen-bond acceptors (Lipinski definition) is 1. The summed E-state index contributed by atoms with van der Waals surface area (Å²) in [6, 6.07) is 0. The number of carbonyl (C=O) groups excluding carboxylic acids is 1. The largest absolute Gasteiger partial charge is 0.303 e. The Morgan fingerprint density at radius 2 is 2.09 bits per heavy atom. The lowest BCUT2D eigenvalue weighted by molar-refractivity contribution is -0.113. The molecule has 0 heterocycles. The van der Waals surface area contributed by atoms with Crippen molar-refractivity contribution in [1.29, 1.82) is 0 Å². The van der Waals surface area contributed by atoms with E-state index >= 15 is 0 Å². The SMILES string of the molecule is CC1(C)CC1(C=O)C/C=C/Cl. The molecule has 1 rings (SSSR count). The molecule has 1 fully saturated rings. The average Bonchev–Trinajstić information content (AvgIpc) is 2.50. The predicted octanol–water partition coefficient (Wildman–Crippen LogP) is 2.74. The van der Waals surface area contributed by atoms with Crippen LogP contribution in [0.1, 0.15) is 26.7 Å². The minimum Gasteiger partial charge on any atom is -0.303 e. The minimum atomic E-state index is -0.113. The highest BCUT2D eigenvalue weighted by Crippen LogP contribution is 2.64. The highest BCUT2D eigenvalue weighted by molar-refractivity contribution is 6.25. The van der Waals surface area contributed by atoms with Crippen LogP contribution < -0.4 is 0 Å². The molecule has 0 amide bonds. The molecule has 0 aromatic carbocycles. The van der Waals surface area contributed by atoms with E-state index in [-0.39, 0.29) is 10.8 Å². The van der Waals surface area contributed by atoms with Crippen molar-refractivity contribution in [3.63, 3.8) is 0 Å². The Morgan fingerprint density at radius 3 is 2.36 bits per heavy atom. The molecule has 11 heavy (non-hydrogen) atoms. The predicted molar refractivity (Wildman–Crippen MR) is 46.5 cm³/mol. The van der Waals surface area contributed by atoms with Crippen LogP contribution in [-0.4, -0.2) is 6.29 Å². The van der Waals surface area contributed by atoms with Gasteiger partial charge in [-0.1, -0.05) is 31.5 Å². The Hall–Kier alpha value is -0.300. The van der Waals surface area contributed by atoms with Crippen LogP contribution in [0.25, 0.3) is 0 Å². The molecular weight excluding hydrogens is 160 g/mol. The van der Waals surface area contributed by atoms with E-state index in [9.17, 15) is 4.79 Å². The van der Waals surface area contributed by atoms with Crippen LogP contribution in [0.5, 0.6) is 0 Å². The van der Waals surface area contributed by atoms with E-state index in [4.69, 9.17) is 11.6 Å². The molecule has 0 aliphatic heterocycles. The summed E-state index contributed by atoms with van der Waals surface area (Å²) >= 11 is 5.39. The quantitative estimate of drug-likeness (QED) is 0.599. The Kier molecular flexibility index (Phi) is 2.10. The third-order valence-corrected chi connectivity index (χ3v) is 2.96. The van der Waals surface area contributed by atoms with Gasteiger partial charge in [-0.2, -0.15) is 0 Å². The van der Waals surface area contributed by atoms with Crippen LogP contribution >= 0.6 is 11.6 Å². The standard InChI is InChI=1S/C9H13ClO/c1-8(2)6-9(8,7-11)4-3-5-10/h3,5,7H,4,6H2,1-2H3/b5-3+. The summed E-state index contributed by atoms with van der Waals surface area (Å²) in [5.74, 6) is 0. The Labute approximate surface area is 72.4 Å². The number of rotatable bonds is 3. The summed E-state index contributed by atoms with van der Waals surface area (Å²) < 4.78 is 0. The van der Waals surface area contributed by atoms with Gasteiger partial charge in [0.15, 0.2) is 0 Å².